The van der Waals surface area contributed by atoms with Gasteiger partial charge in [-0.1, -0.05) is 29.8 Å². The summed E-state index contributed by atoms with van der Waals surface area (Å²) in [4.78, 5) is 12.3. The van der Waals surface area contributed by atoms with Crippen molar-refractivity contribution in [2.24, 2.45) is 0 Å². The van der Waals surface area contributed by atoms with Crippen molar-refractivity contribution in [3.8, 4) is 5.75 Å². The molecule has 2 aromatic rings. The number of hydrogen-bond donors (Lipinski definition) is 2. The minimum Gasteiger partial charge on any atom is -0.497 e. The molecule has 2 aromatic carbocycles. The van der Waals surface area contributed by atoms with Crippen molar-refractivity contribution in [3.63, 3.8) is 0 Å². The van der Waals surface area contributed by atoms with E-state index in [0.717, 1.165) is 6.26 Å². The molecule has 0 aromatic heterocycles. The van der Waals surface area contributed by atoms with E-state index in [0.29, 0.717) is 22.0 Å². The highest BCUT2D eigenvalue weighted by Crippen LogP contribution is 2.22. The van der Waals surface area contributed by atoms with Crippen molar-refractivity contribution in [1.82, 2.24) is 4.72 Å². The summed E-state index contributed by atoms with van der Waals surface area (Å²) in [6.45, 7) is 0. The molecule has 0 aliphatic carbocycles. The van der Waals surface area contributed by atoms with Crippen LogP contribution in [-0.2, 0) is 14.8 Å². The third-order valence-corrected chi connectivity index (χ3v) is 4.32. The molecule has 8 heteroatoms. The topological polar surface area (TPSA) is 84.5 Å². The molecule has 0 fully saturated rings. The van der Waals surface area contributed by atoms with E-state index in [1.54, 1.807) is 55.6 Å². The van der Waals surface area contributed by atoms with E-state index in [4.69, 9.17) is 16.3 Å². The molecule has 0 aliphatic rings. The van der Waals surface area contributed by atoms with Crippen LogP contribution < -0.4 is 14.8 Å². The summed E-state index contributed by atoms with van der Waals surface area (Å²) in [5, 5.41) is 3.21. The van der Waals surface area contributed by atoms with Crippen molar-refractivity contribution >= 4 is 33.2 Å². The average Bonchev–Trinajstić information content (AvgIpc) is 2.53. The Bertz CT molecular complexity index is 838. The molecule has 0 aliphatic heterocycles. The maximum atomic E-state index is 12.3. The molecule has 1 atom stereocenters. The van der Waals surface area contributed by atoms with Crippen molar-refractivity contribution in [2.45, 2.75) is 12.5 Å². The first-order valence-corrected chi connectivity index (χ1v) is 9.70. The second-order valence-electron chi connectivity index (χ2n) is 5.48. The lowest BCUT2D eigenvalue weighted by atomic mass is 10.0. The molecule has 134 valence electrons. The number of ether oxygens (including phenoxy) is 1. The lowest BCUT2D eigenvalue weighted by Crippen LogP contribution is -2.30. The summed E-state index contributed by atoms with van der Waals surface area (Å²) in [6.07, 6.45) is 0.990. The van der Waals surface area contributed by atoms with E-state index in [1.807, 2.05) is 0 Å². The number of sulfonamides is 1. The second-order valence-corrected chi connectivity index (χ2v) is 7.69. The summed E-state index contributed by atoms with van der Waals surface area (Å²) in [6, 6.07) is 12.9. The fourth-order valence-electron chi connectivity index (χ4n) is 2.29. The molecule has 0 bridgehead atoms. The maximum absolute atomic E-state index is 12.3. The number of nitrogens with one attached hydrogen (secondary N) is 2. The highest BCUT2D eigenvalue weighted by atomic mass is 35.5. The Kier molecular flexibility index (Phi) is 6.41. The predicted molar refractivity (Wildman–Crippen MR) is 98.4 cm³/mol. The Morgan fingerprint density at radius 2 is 1.88 bits per heavy atom. The molecule has 2 rings (SSSR count). The van der Waals surface area contributed by atoms with Crippen molar-refractivity contribution in [2.75, 3.05) is 18.7 Å². The molecule has 0 radical (unpaired) electrons. The number of amides is 1. The van der Waals surface area contributed by atoms with E-state index in [9.17, 15) is 13.2 Å². The summed E-state index contributed by atoms with van der Waals surface area (Å²) in [5.74, 6) is 0.310. The van der Waals surface area contributed by atoms with Gasteiger partial charge in [0.1, 0.15) is 5.75 Å². The summed E-state index contributed by atoms with van der Waals surface area (Å²) >= 11 is 5.89. The fourth-order valence-corrected chi connectivity index (χ4v) is 3.21. The lowest BCUT2D eigenvalue weighted by molar-refractivity contribution is -0.116. The SMILES string of the molecule is COc1ccc([C@@H](CC(=O)Nc2cccc(Cl)c2)NS(C)(=O)=O)cc1. The van der Waals surface area contributed by atoms with Crippen LogP contribution in [0, 0.1) is 0 Å². The number of carbonyl (C=O) groups is 1. The van der Waals surface area contributed by atoms with Gasteiger partial charge in [0.25, 0.3) is 0 Å². The van der Waals surface area contributed by atoms with E-state index in [1.165, 1.54) is 0 Å². The molecule has 2 N–H and O–H groups in total. The van der Waals surface area contributed by atoms with Gasteiger partial charge < -0.3 is 10.1 Å². The third-order valence-electron chi connectivity index (χ3n) is 3.37. The van der Waals surface area contributed by atoms with Crippen LogP contribution in [0.2, 0.25) is 5.02 Å². The molecule has 0 heterocycles. The molecule has 1 amide bonds. The van der Waals surface area contributed by atoms with Crippen LogP contribution in [-0.4, -0.2) is 27.7 Å². The minimum absolute atomic E-state index is 0.0636. The van der Waals surface area contributed by atoms with E-state index < -0.39 is 16.1 Å². The Hall–Kier alpha value is -2.09. The van der Waals surface area contributed by atoms with Crippen molar-refractivity contribution < 1.29 is 17.9 Å². The molecule has 0 saturated heterocycles. The second kappa shape index (κ2) is 8.33. The van der Waals surface area contributed by atoms with Gasteiger partial charge >= 0.3 is 0 Å². The molecule has 25 heavy (non-hydrogen) atoms. The number of benzene rings is 2. The van der Waals surface area contributed by atoms with Crippen molar-refractivity contribution in [1.29, 1.82) is 0 Å². The zero-order valence-electron chi connectivity index (χ0n) is 13.8. The zero-order valence-corrected chi connectivity index (χ0v) is 15.4. The highest BCUT2D eigenvalue weighted by Gasteiger charge is 2.20. The third kappa shape index (κ3) is 6.38. The fraction of sp³-hybridized carbons (Fsp3) is 0.235. The molecule has 0 saturated carbocycles. The molecule has 6 nitrogen and oxygen atoms in total. The number of anilines is 1. The quantitative estimate of drug-likeness (QED) is 0.771. The largest absolute Gasteiger partial charge is 0.497 e. The number of halogens is 1. The van der Waals surface area contributed by atoms with Crippen LogP contribution in [0.25, 0.3) is 0 Å². The lowest BCUT2D eigenvalue weighted by Gasteiger charge is -2.18. The van der Waals surface area contributed by atoms with Gasteiger partial charge in [-0.25, -0.2) is 13.1 Å². The number of hydrogen-bond acceptors (Lipinski definition) is 4. The first kappa shape index (κ1) is 19.2. The van der Waals surface area contributed by atoms with Crippen LogP contribution in [0.15, 0.2) is 48.5 Å². The van der Waals surface area contributed by atoms with Crippen LogP contribution in [0.1, 0.15) is 18.0 Å². The summed E-state index contributed by atoms with van der Waals surface area (Å²) < 4.78 is 30.8. The van der Waals surface area contributed by atoms with Crippen LogP contribution in [0.5, 0.6) is 5.75 Å². The van der Waals surface area contributed by atoms with Crippen molar-refractivity contribution in [3.05, 3.63) is 59.1 Å². The standard InChI is InChI=1S/C17H19ClN2O4S/c1-24-15-8-6-12(7-9-15)16(20-25(2,22)23)11-17(21)19-14-5-3-4-13(18)10-14/h3-10,16,20H,11H2,1-2H3,(H,19,21)/t16-/m1/s1. The van der Waals surface area contributed by atoms with Gasteiger partial charge in [0.15, 0.2) is 0 Å². The normalized spacial score (nSPS) is 12.4. The Morgan fingerprint density at radius 1 is 1.20 bits per heavy atom. The molecule has 0 spiro atoms. The van der Waals surface area contributed by atoms with E-state index in [-0.39, 0.29) is 12.3 Å². The summed E-state index contributed by atoms with van der Waals surface area (Å²) in [7, 11) is -1.95. The maximum Gasteiger partial charge on any atom is 0.226 e. The monoisotopic (exact) mass is 382 g/mol. The van der Waals surface area contributed by atoms with Gasteiger partial charge in [0, 0.05) is 17.1 Å². The van der Waals surface area contributed by atoms with Crippen LogP contribution in [0.4, 0.5) is 5.69 Å². The van der Waals surface area contributed by atoms with E-state index in [2.05, 4.69) is 10.0 Å². The molecular weight excluding hydrogens is 364 g/mol. The van der Waals surface area contributed by atoms with E-state index >= 15 is 0 Å². The molecular formula is C17H19ClN2O4S. The van der Waals surface area contributed by atoms with Gasteiger partial charge in [-0.2, -0.15) is 0 Å². The number of methoxy groups -OCH3 is 1. The van der Waals surface area contributed by atoms with Gasteiger partial charge in [-0.15, -0.1) is 0 Å². The Balaban J connectivity index is 2.15. The predicted octanol–water partition coefficient (Wildman–Crippen LogP) is 2.97. The zero-order chi connectivity index (χ0) is 18.4. The average molecular weight is 383 g/mol. The highest BCUT2D eigenvalue weighted by molar-refractivity contribution is 7.88. The Labute approximate surface area is 152 Å². The van der Waals surface area contributed by atoms with Crippen LogP contribution in [0.3, 0.4) is 0 Å². The van der Waals surface area contributed by atoms with Gasteiger partial charge in [-0.05, 0) is 35.9 Å². The Morgan fingerprint density at radius 3 is 2.44 bits per heavy atom. The smallest absolute Gasteiger partial charge is 0.226 e. The minimum atomic E-state index is -3.49. The van der Waals surface area contributed by atoms with Gasteiger partial charge in [0.2, 0.25) is 15.9 Å². The first-order chi connectivity index (χ1) is 11.8. The number of carbonyl (C=O) groups excluding carboxylic acids is 1. The molecule has 0 unspecified atom stereocenters. The van der Waals surface area contributed by atoms with Crippen LogP contribution >= 0.6 is 11.6 Å². The van der Waals surface area contributed by atoms with Gasteiger partial charge in [0.05, 0.1) is 19.4 Å². The number of rotatable bonds is 7. The first-order valence-electron chi connectivity index (χ1n) is 7.43. The summed E-state index contributed by atoms with van der Waals surface area (Å²) in [5.41, 5.74) is 1.21. The van der Waals surface area contributed by atoms with Gasteiger partial charge in [-0.3, -0.25) is 4.79 Å².